The molecule has 1 fully saturated rings. The summed E-state index contributed by atoms with van der Waals surface area (Å²) in [6.07, 6.45) is 1.82. The monoisotopic (exact) mass is 366 g/mol. The number of carbonyl (C=O) groups excluding carboxylic acids is 1. The molecule has 3 aromatic rings. The van der Waals surface area contributed by atoms with Crippen LogP contribution in [0.15, 0.2) is 45.4 Å². The van der Waals surface area contributed by atoms with Crippen LogP contribution in [0, 0.1) is 13.8 Å². The summed E-state index contributed by atoms with van der Waals surface area (Å²) in [7, 11) is 0. The highest BCUT2D eigenvalue weighted by atomic mass is 16.5. The molecule has 0 saturated carbocycles. The van der Waals surface area contributed by atoms with E-state index in [0.717, 1.165) is 29.9 Å². The number of nitrogens with one attached hydrogen (secondary N) is 1. The smallest absolute Gasteiger partial charge is 0.318 e. The number of urea groups is 1. The van der Waals surface area contributed by atoms with Gasteiger partial charge >= 0.3 is 6.03 Å². The molecule has 1 aliphatic rings. The Morgan fingerprint density at radius 2 is 2.00 bits per heavy atom. The van der Waals surface area contributed by atoms with E-state index in [2.05, 4.69) is 15.6 Å². The van der Waals surface area contributed by atoms with Crippen molar-refractivity contribution in [2.75, 3.05) is 6.54 Å². The third-order valence-corrected chi connectivity index (χ3v) is 4.80. The van der Waals surface area contributed by atoms with Gasteiger partial charge in [0.25, 0.3) is 0 Å². The summed E-state index contributed by atoms with van der Waals surface area (Å²) in [6, 6.07) is 11.6. The number of amides is 2. The first-order chi connectivity index (χ1) is 13.1. The van der Waals surface area contributed by atoms with E-state index in [9.17, 15) is 4.79 Å². The van der Waals surface area contributed by atoms with Gasteiger partial charge in [-0.15, -0.1) is 0 Å². The predicted octanol–water partition coefficient (Wildman–Crippen LogP) is 3.99. The van der Waals surface area contributed by atoms with E-state index in [1.165, 1.54) is 5.56 Å². The van der Waals surface area contributed by atoms with Crippen LogP contribution in [0.25, 0.3) is 11.3 Å². The van der Waals surface area contributed by atoms with E-state index in [1.54, 1.807) is 4.90 Å². The highest BCUT2D eigenvalue weighted by molar-refractivity contribution is 5.75. The van der Waals surface area contributed by atoms with Crippen molar-refractivity contribution in [3.8, 4) is 11.3 Å². The molecule has 7 heteroatoms. The van der Waals surface area contributed by atoms with Crippen LogP contribution in [0.5, 0.6) is 0 Å². The predicted molar refractivity (Wildman–Crippen MR) is 98.8 cm³/mol. The summed E-state index contributed by atoms with van der Waals surface area (Å²) in [5.41, 5.74) is 3.66. The quantitative estimate of drug-likeness (QED) is 0.755. The summed E-state index contributed by atoms with van der Waals surface area (Å²) < 4.78 is 10.8. The largest absolute Gasteiger partial charge is 0.359 e. The Kier molecular flexibility index (Phi) is 4.66. The fourth-order valence-electron chi connectivity index (χ4n) is 3.36. The Bertz CT molecular complexity index is 929. The van der Waals surface area contributed by atoms with Gasteiger partial charge in [-0.05, 0) is 26.7 Å². The molecule has 4 rings (SSSR count). The topological polar surface area (TPSA) is 84.4 Å². The van der Waals surface area contributed by atoms with Crippen molar-refractivity contribution in [1.29, 1.82) is 0 Å². The molecule has 2 aromatic heterocycles. The number of aromatic nitrogens is 2. The van der Waals surface area contributed by atoms with E-state index in [-0.39, 0.29) is 12.1 Å². The van der Waals surface area contributed by atoms with Crippen LogP contribution >= 0.6 is 0 Å². The summed E-state index contributed by atoms with van der Waals surface area (Å²) in [6.45, 7) is 4.93. The van der Waals surface area contributed by atoms with Gasteiger partial charge < -0.3 is 19.3 Å². The zero-order chi connectivity index (χ0) is 18.8. The number of hydrogen-bond acceptors (Lipinski definition) is 5. The second kappa shape index (κ2) is 7.26. The molecule has 0 aliphatic carbocycles. The summed E-state index contributed by atoms with van der Waals surface area (Å²) in [5, 5.41) is 10.9. The van der Waals surface area contributed by atoms with Crippen LogP contribution < -0.4 is 5.32 Å². The number of rotatable bonds is 4. The van der Waals surface area contributed by atoms with Crippen LogP contribution in [-0.2, 0) is 6.54 Å². The lowest BCUT2D eigenvalue weighted by Gasteiger charge is -2.22. The molecule has 0 radical (unpaired) electrons. The van der Waals surface area contributed by atoms with Crippen molar-refractivity contribution in [1.82, 2.24) is 20.5 Å². The van der Waals surface area contributed by atoms with Crippen LogP contribution in [0.3, 0.4) is 0 Å². The Balaban J connectivity index is 1.38. The van der Waals surface area contributed by atoms with Crippen LogP contribution in [0.2, 0.25) is 0 Å². The fourth-order valence-corrected chi connectivity index (χ4v) is 3.36. The van der Waals surface area contributed by atoms with Gasteiger partial charge in [0.05, 0.1) is 18.3 Å². The average molecular weight is 366 g/mol. The van der Waals surface area contributed by atoms with Gasteiger partial charge in [0, 0.05) is 24.2 Å². The molecule has 2 amide bonds. The van der Waals surface area contributed by atoms with Crippen molar-refractivity contribution in [2.45, 2.75) is 39.3 Å². The van der Waals surface area contributed by atoms with Crippen LogP contribution in [-0.4, -0.2) is 27.8 Å². The van der Waals surface area contributed by atoms with E-state index in [4.69, 9.17) is 9.05 Å². The maximum atomic E-state index is 12.6. The van der Waals surface area contributed by atoms with E-state index >= 15 is 0 Å². The molecule has 1 aliphatic heterocycles. The average Bonchev–Trinajstić information content (AvgIpc) is 3.40. The van der Waals surface area contributed by atoms with Gasteiger partial charge in [-0.1, -0.05) is 40.1 Å². The molecule has 1 N–H and O–H groups in total. The minimum Gasteiger partial charge on any atom is -0.359 e. The number of benzene rings is 1. The lowest BCUT2D eigenvalue weighted by molar-refractivity contribution is 0.181. The summed E-state index contributed by atoms with van der Waals surface area (Å²) in [5.74, 6) is 1.43. The SMILES string of the molecule is Cc1ccc(-c2cc(CNC(=O)N3CCCC3c3cc(C)no3)no2)cc1. The number of carbonyl (C=O) groups is 1. The lowest BCUT2D eigenvalue weighted by Crippen LogP contribution is -2.39. The minimum atomic E-state index is -0.133. The van der Waals surface area contributed by atoms with Crippen molar-refractivity contribution in [3.63, 3.8) is 0 Å². The fraction of sp³-hybridized carbons (Fsp3) is 0.350. The third kappa shape index (κ3) is 3.72. The lowest BCUT2D eigenvalue weighted by atomic mass is 10.1. The number of aryl methyl sites for hydroxylation is 2. The van der Waals surface area contributed by atoms with Gasteiger partial charge in [-0.2, -0.15) is 0 Å². The molecule has 140 valence electrons. The van der Waals surface area contributed by atoms with Crippen molar-refractivity contribution >= 4 is 6.03 Å². The first kappa shape index (κ1) is 17.3. The maximum Gasteiger partial charge on any atom is 0.318 e. The highest BCUT2D eigenvalue weighted by Gasteiger charge is 2.32. The molecule has 1 unspecified atom stereocenters. The first-order valence-corrected chi connectivity index (χ1v) is 9.10. The van der Waals surface area contributed by atoms with E-state index in [0.29, 0.717) is 24.5 Å². The first-order valence-electron chi connectivity index (χ1n) is 9.10. The normalized spacial score (nSPS) is 16.7. The summed E-state index contributed by atoms with van der Waals surface area (Å²) >= 11 is 0. The summed E-state index contributed by atoms with van der Waals surface area (Å²) in [4.78, 5) is 14.4. The number of hydrogen-bond donors (Lipinski definition) is 1. The van der Waals surface area contributed by atoms with Gasteiger partial charge in [0.2, 0.25) is 0 Å². The Morgan fingerprint density at radius 3 is 2.74 bits per heavy atom. The minimum absolute atomic E-state index is 0.0633. The van der Waals surface area contributed by atoms with Crippen molar-refractivity contribution < 1.29 is 13.8 Å². The van der Waals surface area contributed by atoms with E-state index < -0.39 is 0 Å². The van der Waals surface area contributed by atoms with Gasteiger partial charge in [-0.25, -0.2) is 4.79 Å². The Labute approximate surface area is 157 Å². The number of likely N-dealkylation sites (tertiary alicyclic amines) is 1. The van der Waals surface area contributed by atoms with Crippen LogP contribution in [0.1, 0.15) is 41.6 Å². The van der Waals surface area contributed by atoms with Gasteiger partial charge in [0.1, 0.15) is 5.69 Å². The molecule has 0 bridgehead atoms. The highest BCUT2D eigenvalue weighted by Crippen LogP contribution is 2.32. The molecule has 1 atom stereocenters. The van der Waals surface area contributed by atoms with E-state index in [1.807, 2.05) is 50.2 Å². The number of nitrogens with zero attached hydrogens (tertiary/aromatic N) is 3. The molecular weight excluding hydrogens is 344 g/mol. The molecule has 1 aromatic carbocycles. The molecule has 27 heavy (non-hydrogen) atoms. The molecule has 1 saturated heterocycles. The van der Waals surface area contributed by atoms with Crippen LogP contribution in [0.4, 0.5) is 4.79 Å². The molecule has 0 spiro atoms. The Hall–Kier alpha value is -3.09. The second-order valence-electron chi connectivity index (χ2n) is 6.93. The molecular formula is C20H22N4O3. The standard InChI is InChI=1S/C20H22N4O3/c1-13-5-7-15(8-6-13)18-11-16(23-26-18)12-21-20(25)24-9-3-4-17(24)19-10-14(2)22-27-19/h5-8,10-11,17H,3-4,9,12H2,1-2H3,(H,21,25). The maximum absolute atomic E-state index is 12.6. The van der Waals surface area contributed by atoms with Gasteiger partial charge in [0.15, 0.2) is 11.5 Å². The van der Waals surface area contributed by atoms with Crippen molar-refractivity contribution in [2.24, 2.45) is 0 Å². The molecule has 3 heterocycles. The zero-order valence-corrected chi connectivity index (χ0v) is 15.4. The zero-order valence-electron chi connectivity index (χ0n) is 15.4. The van der Waals surface area contributed by atoms with Crippen molar-refractivity contribution in [3.05, 3.63) is 59.1 Å². The second-order valence-corrected chi connectivity index (χ2v) is 6.93. The van der Waals surface area contributed by atoms with Gasteiger partial charge in [-0.3, -0.25) is 0 Å². The molecule has 7 nitrogen and oxygen atoms in total. The Morgan fingerprint density at radius 1 is 1.19 bits per heavy atom. The third-order valence-electron chi connectivity index (χ3n) is 4.80.